The molecular weight excluding hydrogens is 264 g/mol. The molecule has 2 N–H and O–H groups in total. The molecule has 0 aliphatic heterocycles. The lowest BCUT2D eigenvalue weighted by atomic mass is 10.0. The number of benzene rings is 2. The van der Waals surface area contributed by atoms with Crippen LogP contribution >= 0.6 is 0 Å². The van der Waals surface area contributed by atoms with Crippen LogP contribution in [0.15, 0.2) is 36.4 Å². The lowest BCUT2D eigenvalue weighted by Gasteiger charge is -2.17. The molecule has 0 saturated heterocycles. The summed E-state index contributed by atoms with van der Waals surface area (Å²) in [5.41, 5.74) is 6.99. The van der Waals surface area contributed by atoms with Crippen molar-refractivity contribution in [3.05, 3.63) is 42.0 Å². The third-order valence-electron chi connectivity index (χ3n) is 3.46. The van der Waals surface area contributed by atoms with Crippen LogP contribution in [0.5, 0.6) is 5.75 Å². The first-order chi connectivity index (χ1) is 10.0. The van der Waals surface area contributed by atoms with Crippen LogP contribution in [0.2, 0.25) is 0 Å². The highest BCUT2D eigenvalue weighted by Crippen LogP contribution is 2.33. The minimum absolute atomic E-state index is 0.0533. The lowest BCUT2D eigenvalue weighted by Crippen LogP contribution is -2.23. The number of rotatable bonds is 5. The summed E-state index contributed by atoms with van der Waals surface area (Å²) < 4.78 is 5.91. The summed E-state index contributed by atoms with van der Waals surface area (Å²) >= 11 is 0. The molecular formula is C17H22N2O2. The van der Waals surface area contributed by atoms with Gasteiger partial charge in [0.1, 0.15) is 5.75 Å². The SMILES string of the molecule is CC(N)c1ccc2ccccc2c1OCCC(=O)N(C)C. The molecule has 0 spiro atoms. The first-order valence-corrected chi connectivity index (χ1v) is 7.11. The van der Waals surface area contributed by atoms with Crippen LogP contribution in [-0.2, 0) is 4.79 Å². The monoisotopic (exact) mass is 286 g/mol. The van der Waals surface area contributed by atoms with Crippen LogP contribution in [-0.4, -0.2) is 31.5 Å². The molecule has 0 bridgehead atoms. The van der Waals surface area contributed by atoms with E-state index in [1.54, 1.807) is 19.0 Å². The van der Waals surface area contributed by atoms with Crippen molar-refractivity contribution in [3.8, 4) is 5.75 Å². The molecule has 2 rings (SSSR count). The second-order valence-electron chi connectivity index (χ2n) is 5.38. The van der Waals surface area contributed by atoms with E-state index in [0.717, 1.165) is 22.1 Å². The number of amides is 1. The maximum absolute atomic E-state index is 11.6. The van der Waals surface area contributed by atoms with Crippen LogP contribution in [0.3, 0.4) is 0 Å². The van der Waals surface area contributed by atoms with E-state index in [0.29, 0.717) is 13.0 Å². The van der Waals surface area contributed by atoms with Gasteiger partial charge >= 0.3 is 0 Å². The number of ether oxygens (including phenoxy) is 1. The molecule has 112 valence electrons. The molecule has 0 radical (unpaired) electrons. The second kappa shape index (κ2) is 6.59. The minimum atomic E-state index is -0.117. The van der Waals surface area contributed by atoms with Gasteiger partial charge in [-0.3, -0.25) is 4.79 Å². The maximum atomic E-state index is 11.6. The Balaban J connectivity index is 2.27. The molecule has 0 aliphatic carbocycles. The Bertz CT molecular complexity index is 636. The van der Waals surface area contributed by atoms with Gasteiger partial charge in [0.25, 0.3) is 0 Å². The molecule has 0 fully saturated rings. The van der Waals surface area contributed by atoms with Crippen molar-refractivity contribution in [2.24, 2.45) is 5.73 Å². The van der Waals surface area contributed by atoms with Crippen LogP contribution in [0.25, 0.3) is 10.8 Å². The summed E-state index contributed by atoms with van der Waals surface area (Å²) in [6, 6.07) is 12.0. The molecule has 0 heterocycles. The van der Waals surface area contributed by atoms with Gasteiger partial charge in [0.05, 0.1) is 13.0 Å². The van der Waals surface area contributed by atoms with Crippen molar-refractivity contribution in [1.29, 1.82) is 0 Å². The average molecular weight is 286 g/mol. The average Bonchev–Trinajstić information content (AvgIpc) is 2.46. The molecule has 4 heteroatoms. The number of hydrogen-bond acceptors (Lipinski definition) is 3. The molecule has 0 aromatic heterocycles. The van der Waals surface area contributed by atoms with Gasteiger partial charge in [0.15, 0.2) is 0 Å². The zero-order chi connectivity index (χ0) is 15.4. The quantitative estimate of drug-likeness (QED) is 0.919. The fraction of sp³-hybridized carbons (Fsp3) is 0.353. The molecule has 4 nitrogen and oxygen atoms in total. The standard InChI is InChI=1S/C17H22N2O2/c1-12(18)14-9-8-13-6-4-5-7-15(13)17(14)21-11-10-16(20)19(2)3/h4-9,12H,10-11,18H2,1-3H3. The number of fused-ring (bicyclic) bond motifs is 1. The maximum Gasteiger partial charge on any atom is 0.225 e. The van der Waals surface area contributed by atoms with E-state index < -0.39 is 0 Å². The van der Waals surface area contributed by atoms with Crippen molar-refractivity contribution < 1.29 is 9.53 Å². The van der Waals surface area contributed by atoms with E-state index in [2.05, 4.69) is 0 Å². The van der Waals surface area contributed by atoms with E-state index in [9.17, 15) is 4.79 Å². The third kappa shape index (κ3) is 3.52. The highest BCUT2D eigenvalue weighted by Gasteiger charge is 2.13. The van der Waals surface area contributed by atoms with Gasteiger partial charge in [-0.25, -0.2) is 0 Å². The Morgan fingerprint density at radius 2 is 1.95 bits per heavy atom. The van der Waals surface area contributed by atoms with E-state index in [-0.39, 0.29) is 11.9 Å². The van der Waals surface area contributed by atoms with Crippen molar-refractivity contribution >= 4 is 16.7 Å². The van der Waals surface area contributed by atoms with Gasteiger partial charge < -0.3 is 15.4 Å². The largest absolute Gasteiger partial charge is 0.492 e. The van der Waals surface area contributed by atoms with Crippen molar-refractivity contribution in [2.75, 3.05) is 20.7 Å². The number of carbonyl (C=O) groups excluding carboxylic acids is 1. The van der Waals surface area contributed by atoms with Gasteiger partial charge in [-0.15, -0.1) is 0 Å². The number of carbonyl (C=O) groups is 1. The lowest BCUT2D eigenvalue weighted by molar-refractivity contribution is -0.129. The summed E-state index contributed by atoms with van der Waals surface area (Å²) in [4.78, 5) is 13.2. The highest BCUT2D eigenvalue weighted by molar-refractivity contribution is 5.89. The first-order valence-electron chi connectivity index (χ1n) is 7.11. The summed E-state index contributed by atoms with van der Waals surface area (Å²) in [6.45, 7) is 2.28. The normalized spacial score (nSPS) is 12.2. The fourth-order valence-electron chi connectivity index (χ4n) is 2.24. The van der Waals surface area contributed by atoms with Crippen molar-refractivity contribution in [1.82, 2.24) is 4.90 Å². The molecule has 1 atom stereocenters. The van der Waals surface area contributed by atoms with Gasteiger partial charge in [-0.1, -0.05) is 36.4 Å². The Hall–Kier alpha value is -2.07. The van der Waals surface area contributed by atoms with Crippen LogP contribution in [0.4, 0.5) is 0 Å². The minimum Gasteiger partial charge on any atom is -0.492 e. The fourth-order valence-corrected chi connectivity index (χ4v) is 2.24. The van der Waals surface area contributed by atoms with Gasteiger partial charge in [0, 0.05) is 31.1 Å². The molecule has 1 amide bonds. The smallest absolute Gasteiger partial charge is 0.225 e. The zero-order valence-corrected chi connectivity index (χ0v) is 12.8. The molecule has 0 saturated carbocycles. The van der Waals surface area contributed by atoms with E-state index in [1.807, 2.05) is 43.3 Å². The van der Waals surface area contributed by atoms with Crippen LogP contribution < -0.4 is 10.5 Å². The van der Waals surface area contributed by atoms with Gasteiger partial charge in [-0.2, -0.15) is 0 Å². The van der Waals surface area contributed by atoms with Crippen molar-refractivity contribution in [2.45, 2.75) is 19.4 Å². The predicted octanol–water partition coefficient (Wildman–Crippen LogP) is 2.72. The third-order valence-corrected chi connectivity index (χ3v) is 3.46. The van der Waals surface area contributed by atoms with Gasteiger partial charge in [0.2, 0.25) is 5.91 Å². The van der Waals surface area contributed by atoms with Crippen molar-refractivity contribution in [3.63, 3.8) is 0 Å². The summed E-state index contributed by atoms with van der Waals surface area (Å²) in [5, 5.41) is 2.14. The first kappa shape index (κ1) is 15.3. The number of nitrogens with zero attached hydrogens (tertiary/aromatic N) is 1. The van der Waals surface area contributed by atoms with E-state index in [4.69, 9.17) is 10.5 Å². The second-order valence-corrected chi connectivity index (χ2v) is 5.38. The summed E-state index contributed by atoms with van der Waals surface area (Å²) in [7, 11) is 3.49. The van der Waals surface area contributed by atoms with E-state index >= 15 is 0 Å². The zero-order valence-electron chi connectivity index (χ0n) is 12.8. The topological polar surface area (TPSA) is 55.6 Å². The Kier molecular flexibility index (Phi) is 4.81. The summed E-state index contributed by atoms with van der Waals surface area (Å²) in [6.07, 6.45) is 0.356. The highest BCUT2D eigenvalue weighted by atomic mass is 16.5. The molecule has 2 aromatic carbocycles. The van der Waals surface area contributed by atoms with Gasteiger partial charge in [-0.05, 0) is 12.3 Å². The summed E-state index contributed by atoms with van der Waals surface area (Å²) in [5.74, 6) is 0.840. The predicted molar refractivity (Wildman–Crippen MR) is 85.4 cm³/mol. The molecule has 2 aromatic rings. The van der Waals surface area contributed by atoms with Crippen LogP contribution in [0, 0.1) is 0 Å². The van der Waals surface area contributed by atoms with E-state index in [1.165, 1.54) is 0 Å². The number of hydrogen-bond donors (Lipinski definition) is 1. The molecule has 21 heavy (non-hydrogen) atoms. The Morgan fingerprint density at radius 1 is 1.24 bits per heavy atom. The van der Waals surface area contributed by atoms with Crippen LogP contribution in [0.1, 0.15) is 24.9 Å². The molecule has 0 aliphatic rings. The molecule has 1 unspecified atom stereocenters. The Morgan fingerprint density at radius 3 is 2.62 bits per heavy atom. The number of nitrogens with two attached hydrogens (primary N) is 1. The Labute approximate surface area is 125 Å².